The lowest BCUT2D eigenvalue weighted by atomic mass is 9.95. The van der Waals surface area contributed by atoms with Crippen LogP contribution >= 0.6 is 23.2 Å². The van der Waals surface area contributed by atoms with Crippen LogP contribution in [0.3, 0.4) is 0 Å². The zero-order chi connectivity index (χ0) is 18.9. The van der Waals surface area contributed by atoms with Crippen LogP contribution in [0.2, 0.25) is 10.0 Å². The van der Waals surface area contributed by atoms with Crippen LogP contribution in [0.5, 0.6) is 0 Å². The summed E-state index contributed by atoms with van der Waals surface area (Å²) in [4.78, 5) is 14.2. The number of ether oxygens (including phenoxy) is 1. The molecule has 0 spiro atoms. The van der Waals surface area contributed by atoms with E-state index in [2.05, 4.69) is 10.6 Å². The van der Waals surface area contributed by atoms with Crippen molar-refractivity contribution < 1.29 is 9.53 Å². The van der Waals surface area contributed by atoms with Crippen LogP contribution in [0, 0.1) is 0 Å². The highest BCUT2D eigenvalue weighted by atomic mass is 35.5. The highest BCUT2D eigenvalue weighted by molar-refractivity contribution is 6.36. The Morgan fingerprint density at radius 1 is 1.31 bits per heavy atom. The molecule has 5 nitrogen and oxygen atoms in total. The number of halogens is 2. The van der Waals surface area contributed by atoms with E-state index in [0.717, 1.165) is 43.6 Å². The number of nitrogens with zero attached hydrogens (tertiary/aromatic N) is 1. The fourth-order valence-corrected chi connectivity index (χ4v) is 4.19. The van der Waals surface area contributed by atoms with Gasteiger partial charge in [-0.3, -0.25) is 0 Å². The van der Waals surface area contributed by atoms with Gasteiger partial charge in [0.15, 0.2) is 0 Å². The Hall–Kier alpha value is -1.17. The van der Waals surface area contributed by atoms with E-state index in [1.54, 1.807) is 11.0 Å². The van der Waals surface area contributed by atoms with Gasteiger partial charge in [0.25, 0.3) is 0 Å². The first-order chi connectivity index (χ1) is 12.2. The molecule has 2 aliphatic rings. The highest BCUT2D eigenvalue weighted by Gasteiger charge is 2.30. The Balaban J connectivity index is 1.68. The van der Waals surface area contributed by atoms with Gasteiger partial charge in [-0.25, -0.2) is 4.79 Å². The third kappa shape index (κ3) is 4.76. The third-order valence-electron chi connectivity index (χ3n) is 4.71. The summed E-state index contributed by atoms with van der Waals surface area (Å²) in [5.41, 5.74) is 1.58. The number of hydrogen-bond acceptors (Lipinski definition) is 4. The largest absolute Gasteiger partial charge is 0.444 e. The van der Waals surface area contributed by atoms with Crippen LogP contribution in [0.1, 0.15) is 51.6 Å². The van der Waals surface area contributed by atoms with E-state index in [0.29, 0.717) is 16.6 Å². The van der Waals surface area contributed by atoms with Crippen LogP contribution < -0.4 is 10.6 Å². The zero-order valence-electron chi connectivity index (χ0n) is 15.6. The first-order valence-electron chi connectivity index (χ1n) is 9.20. The van der Waals surface area contributed by atoms with Gasteiger partial charge in [-0.1, -0.05) is 23.2 Å². The lowest BCUT2D eigenvalue weighted by Crippen LogP contribution is -2.50. The highest BCUT2D eigenvalue weighted by Crippen LogP contribution is 2.38. The van der Waals surface area contributed by atoms with Crippen molar-refractivity contribution in [3.8, 4) is 0 Å². The molecule has 1 aromatic rings. The second kappa shape index (κ2) is 7.83. The van der Waals surface area contributed by atoms with Gasteiger partial charge in [-0.05, 0) is 57.7 Å². The Morgan fingerprint density at radius 2 is 2.08 bits per heavy atom. The molecule has 1 saturated heterocycles. The van der Waals surface area contributed by atoms with Crippen molar-refractivity contribution in [1.82, 2.24) is 10.2 Å². The number of nitrogens with one attached hydrogen (secondary N) is 2. The van der Waals surface area contributed by atoms with E-state index in [9.17, 15) is 4.79 Å². The molecule has 1 fully saturated rings. The molecule has 0 bridgehead atoms. The number of carbonyl (C=O) groups is 1. The van der Waals surface area contributed by atoms with Crippen molar-refractivity contribution in [1.29, 1.82) is 0 Å². The molecule has 3 rings (SSSR count). The molecule has 0 radical (unpaired) electrons. The minimum atomic E-state index is -0.473. The fraction of sp³-hybridized carbons (Fsp3) is 0.632. The summed E-state index contributed by atoms with van der Waals surface area (Å²) in [7, 11) is 0. The molecule has 2 atom stereocenters. The predicted octanol–water partition coefficient (Wildman–Crippen LogP) is 4.84. The minimum absolute atomic E-state index is 0.172. The standard InChI is InChI=1S/C19H27Cl2N3O2/c1-19(2,3)26-18(25)24-8-4-5-13(11-24)23-16-6-7-22-17-14(16)9-12(20)10-15(17)21/h9-10,13,16,22-23H,4-8,11H2,1-3H3/t13-,16?/m0/s1. The van der Waals surface area contributed by atoms with Gasteiger partial charge in [-0.2, -0.15) is 0 Å². The van der Waals surface area contributed by atoms with Gasteiger partial charge in [0.1, 0.15) is 5.60 Å². The maximum Gasteiger partial charge on any atom is 0.410 e. The zero-order valence-corrected chi connectivity index (χ0v) is 17.1. The van der Waals surface area contributed by atoms with E-state index in [-0.39, 0.29) is 18.2 Å². The van der Waals surface area contributed by atoms with E-state index in [1.165, 1.54) is 0 Å². The number of likely N-dealkylation sites (tertiary alicyclic amines) is 1. The molecule has 2 aliphatic heterocycles. The molecular formula is C19H27Cl2N3O2. The number of benzene rings is 1. The smallest absolute Gasteiger partial charge is 0.410 e. The summed E-state index contributed by atoms with van der Waals surface area (Å²) >= 11 is 12.5. The van der Waals surface area contributed by atoms with Gasteiger partial charge < -0.3 is 20.3 Å². The first kappa shape index (κ1) is 19.6. The van der Waals surface area contributed by atoms with Crippen LogP contribution in [-0.4, -0.2) is 42.3 Å². The molecule has 26 heavy (non-hydrogen) atoms. The minimum Gasteiger partial charge on any atom is -0.444 e. The number of hydrogen-bond donors (Lipinski definition) is 2. The Bertz CT molecular complexity index is 675. The Labute approximate surface area is 165 Å². The molecule has 0 aromatic heterocycles. The van der Waals surface area contributed by atoms with Crippen molar-refractivity contribution in [2.75, 3.05) is 25.0 Å². The van der Waals surface area contributed by atoms with E-state index in [4.69, 9.17) is 27.9 Å². The maximum atomic E-state index is 12.4. The van der Waals surface area contributed by atoms with E-state index >= 15 is 0 Å². The molecule has 0 saturated carbocycles. The Kier molecular flexibility index (Phi) is 5.90. The van der Waals surface area contributed by atoms with Crippen LogP contribution in [0.25, 0.3) is 0 Å². The number of rotatable bonds is 2. The molecule has 1 amide bonds. The molecule has 1 aromatic carbocycles. The van der Waals surface area contributed by atoms with Crippen molar-refractivity contribution >= 4 is 35.0 Å². The maximum absolute atomic E-state index is 12.4. The topological polar surface area (TPSA) is 53.6 Å². The molecule has 144 valence electrons. The lowest BCUT2D eigenvalue weighted by Gasteiger charge is -2.37. The summed E-state index contributed by atoms with van der Waals surface area (Å²) < 4.78 is 5.52. The number of fused-ring (bicyclic) bond motifs is 1. The van der Waals surface area contributed by atoms with E-state index in [1.807, 2.05) is 26.8 Å². The van der Waals surface area contributed by atoms with E-state index < -0.39 is 5.60 Å². The van der Waals surface area contributed by atoms with Crippen molar-refractivity contribution in [2.45, 2.75) is 57.7 Å². The average molecular weight is 400 g/mol. The number of carbonyl (C=O) groups excluding carboxylic acids is 1. The van der Waals surface area contributed by atoms with Gasteiger partial charge in [-0.15, -0.1) is 0 Å². The quantitative estimate of drug-likeness (QED) is 0.746. The van der Waals surface area contributed by atoms with Crippen molar-refractivity contribution in [3.05, 3.63) is 27.7 Å². The van der Waals surface area contributed by atoms with Crippen LogP contribution in [0.4, 0.5) is 10.5 Å². The number of amides is 1. The normalized spacial score (nSPS) is 23.2. The molecule has 0 aliphatic carbocycles. The molecule has 1 unspecified atom stereocenters. The molecule has 2 heterocycles. The van der Waals surface area contributed by atoms with Gasteiger partial charge in [0.2, 0.25) is 0 Å². The molecule has 2 N–H and O–H groups in total. The second-order valence-electron chi connectivity index (χ2n) is 8.05. The van der Waals surface area contributed by atoms with Crippen molar-refractivity contribution in [2.24, 2.45) is 0 Å². The van der Waals surface area contributed by atoms with Gasteiger partial charge in [0, 0.05) is 36.7 Å². The summed E-state index contributed by atoms with van der Waals surface area (Å²) in [5, 5.41) is 8.37. The summed E-state index contributed by atoms with van der Waals surface area (Å²) in [6.07, 6.45) is 2.71. The Morgan fingerprint density at radius 3 is 2.81 bits per heavy atom. The molecular weight excluding hydrogens is 373 g/mol. The lowest BCUT2D eigenvalue weighted by molar-refractivity contribution is 0.0182. The number of anilines is 1. The van der Waals surface area contributed by atoms with Crippen LogP contribution in [-0.2, 0) is 4.74 Å². The van der Waals surface area contributed by atoms with Crippen LogP contribution in [0.15, 0.2) is 12.1 Å². The SMILES string of the molecule is CC(C)(C)OC(=O)N1CCC[C@H](NC2CCNc3c(Cl)cc(Cl)cc32)C1. The first-order valence-corrected chi connectivity index (χ1v) is 9.95. The van der Waals surface area contributed by atoms with Crippen molar-refractivity contribution in [3.63, 3.8) is 0 Å². The third-order valence-corrected chi connectivity index (χ3v) is 5.22. The monoisotopic (exact) mass is 399 g/mol. The average Bonchev–Trinajstić information content (AvgIpc) is 2.54. The molecule has 7 heteroatoms. The van der Waals surface area contributed by atoms with Gasteiger partial charge >= 0.3 is 6.09 Å². The fourth-order valence-electron chi connectivity index (χ4n) is 3.61. The predicted molar refractivity (Wildman–Crippen MR) is 106 cm³/mol. The van der Waals surface area contributed by atoms with Gasteiger partial charge in [0.05, 0.1) is 10.7 Å². The summed E-state index contributed by atoms with van der Waals surface area (Å²) in [6.45, 7) is 7.93. The second-order valence-corrected chi connectivity index (χ2v) is 8.90. The number of piperidine rings is 1. The summed E-state index contributed by atoms with van der Waals surface area (Å²) in [5.74, 6) is 0. The summed E-state index contributed by atoms with van der Waals surface area (Å²) in [6, 6.07) is 4.14.